The summed E-state index contributed by atoms with van der Waals surface area (Å²) in [7, 11) is 0. The third-order valence-electron chi connectivity index (χ3n) is 2.51. The zero-order valence-electron chi connectivity index (χ0n) is 10.3. The largest absolute Gasteiger partial charge is 0.292 e. The molecule has 0 bridgehead atoms. The molecule has 0 aliphatic heterocycles. The fourth-order valence-corrected chi connectivity index (χ4v) is 2.19. The van der Waals surface area contributed by atoms with Crippen LogP contribution in [0.5, 0.6) is 0 Å². The number of thioether (sulfide) groups is 1. The summed E-state index contributed by atoms with van der Waals surface area (Å²) >= 11 is 1.72. The number of hydrogen-bond donors (Lipinski definition) is 0. The maximum atomic E-state index is 11.9. The highest BCUT2D eigenvalue weighted by molar-refractivity contribution is 8.00. The Kier molecular flexibility index (Phi) is 5.60. The highest BCUT2D eigenvalue weighted by Gasteiger charge is 2.12. The second kappa shape index (κ2) is 6.74. The number of nitrogens with zero attached hydrogens (tertiary/aromatic N) is 2. The van der Waals surface area contributed by atoms with Gasteiger partial charge in [-0.15, -0.1) is 0 Å². The van der Waals surface area contributed by atoms with Gasteiger partial charge in [0.05, 0.1) is 5.75 Å². The van der Waals surface area contributed by atoms with Gasteiger partial charge in [-0.25, -0.2) is 0 Å². The van der Waals surface area contributed by atoms with Crippen molar-refractivity contribution in [2.24, 2.45) is 0 Å². The van der Waals surface area contributed by atoms with Gasteiger partial charge in [0.25, 0.3) is 0 Å². The van der Waals surface area contributed by atoms with Gasteiger partial charge in [-0.05, 0) is 18.9 Å². The summed E-state index contributed by atoms with van der Waals surface area (Å²) < 4.78 is 1.81. The zero-order valence-corrected chi connectivity index (χ0v) is 11.1. The number of aromatic nitrogens is 2. The van der Waals surface area contributed by atoms with E-state index in [-0.39, 0.29) is 5.78 Å². The summed E-state index contributed by atoms with van der Waals surface area (Å²) in [5, 5.41) is 4.71. The van der Waals surface area contributed by atoms with E-state index in [0.29, 0.717) is 11.0 Å². The Bertz CT molecular complexity index is 336. The summed E-state index contributed by atoms with van der Waals surface area (Å²) in [5.41, 5.74) is 0.748. The van der Waals surface area contributed by atoms with Crippen LogP contribution in [-0.4, -0.2) is 26.6 Å². The van der Waals surface area contributed by atoms with Crippen LogP contribution in [0, 0.1) is 0 Å². The first-order valence-corrected chi connectivity index (χ1v) is 6.90. The quantitative estimate of drug-likeness (QED) is 0.687. The topological polar surface area (TPSA) is 34.9 Å². The number of Topliss-reactive ketones (excluding diaryl/α,β-unsaturated/α-hetero) is 1. The number of ketones is 1. The number of rotatable bonds is 7. The van der Waals surface area contributed by atoms with Gasteiger partial charge in [0.2, 0.25) is 0 Å². The molecule has 1 atom stereocenters. The van der Waals surface area contributed by atoms with Gasteiger partial charge in [0.15, 0.2) is 5.78 Å². The Labute approximate surface area is 102 Å². The number of carbonyl (C=O) groups is 1. The zero-order chi connectivity index (χ0) is 12.0. The van der Waals surface area contributed by atoms with Crippen molar-refractivity contribution >= 4 is 17.5 Å². The van der Waals surface area contributed by atoms with E-state index < -0.39 is 0 Å². The van der Waals surface area contributed by atoms with Gasteiger partial charge >= 0.3 is 0 Å². The molecular formula is C12H20N2OS. The first-order chi connectivity index (χ1) is 7.69. The number of hydrogen-bond acceptors (Lipinski definition) is 3. The monoisotopic (exact) mass is 240 g/mol. The lowest BCUT2D eigenvalue weighted by molar-refractivity contribution is 0.101. The van der Waals surface area contributed by atoms with Gasteiger partial charge < -0.3 is 0 Å². The molecule has 0 aromatic carbocycles. The van der Waals surface area contributed by atoms with E-state index in [2.05, 4.69) is 25.9 Å². The molecule has 1 aromatic heterocycles. The maximum absolute atomic E-state index is 11.9. The lowest BCUT2D eigenvalue weighted by atomic mass is 10.3. The van der Waals surface area contributed by atoms with Gasteiger partial charge in [0.1, 0.15) is 5.69 Å². The van der Waals surface area contributed by atoms with Crippen LogP contribution >= 0.6 is 11.8 Å². The van der Waals surface area contributed by atoms with Crippen molar-refractivity contribution in [2.45, 2.75) is 45.4 Å². The van der Waals surface area contributed by atoms with Crippen molar-refractivity contribution in [3.63, 3.8) is 0 Å². The van der Waals surface area contributed by atoms with E-state index >= 15 is 0 Å². The minimum atomic E-state index is 0.191. The normalized spacial score (nSPS) is 12.7. The van der Waals surface area contributed by atoms with E-state index in [1.54, 1.807) is 22.6 Å². The SMILES string of the molecule is CCCn1nccc1C(=O)CSC(C)CC. The second-order valence-corrected chi connectivity index (χ2v) is 5.32. The Morgan fingerprint density at radius 3 is 2.94 bits per heavy atom. The summed E-state index contributed by atoms with van der Waals surface area (Å²) in [4.78, 5) is 11.9. The van der Waals surface area contributed by atoms with Crippen LogP contribution in [0.1, 0.15) is 44.1 Å². The van der Waals surface area contributed by atoms with Crippen LogP contribution in [0.4, 0.5) is 0 Å². The molecule has 0 aliphatic carbocycles. The fourth-order valence-electron chi connectivity index (χ4n) is 1.37. The molecule has 90 valence electrons. The molecule has 1 unspecified atom stereocenters. The van der Waals surface area contributed by atoms with Crippen LogP contribution in [-0.2, 0) is 6.54 Å². The Morgan fingerprint density at radius 2 is 2.31 bits per heavy atom. The number of aryl methyl sites for hydroxylation is 1. The van der Waals surface area contributed by atoms with Gasteiger partial charge in [-0.1, -0.05) is 20.8 Å². The fraction of sp³-hybridized carbons (Fsp3) is 0.667. The Balaban J connectivity index is 2.55. The maximum Gasteiger partial charge on any atom is 0.190 e. The molecule has 0 aliphatic rings. The molecule has 0 radical (unpaired) electrons. The summed E-state index contributed by atoms with van der Waals surface area (Å²) in [5.74, 6) is 0.751. The van der Waals surface area contributed by atoms with E-state index in [4.69, 9.17) is 0 Å². The molecule has 0 spiro atoms. The first-order valence-electron chi connectivity index (χ1n) is 5.85. The number of carbonyl (C=O) groups excluding carboxylic acids is 1. The van der Waals surface area contributed by atoms with Gasteiger partial charge in [-0.3, -0.25) is 9.48 Å². The highest BCUT2D eigenvalue weighted by atomic mass is 32.2. The summed E-state index contributed by atoms with van der Waals surface area (Å²) in [6.45, 7) is 7.21. The molecule has 0 saturated carbocycles. The van der Waals surface area contributed by atoms with Crippen LogP contribution in [0.3, 0.4) is 0 Å². The lowest BCUT2D eigenvalue weighted by Gasteiger charge is -2.08. The van der Waals surface area contributed by atoms with Gasteiger partial charge in [0, 0.05) is 18.0 Å². The lowest BCUT2D eigenvalue weighted by Crippen LogP contribution is -2.13. The predicted octanol–water partition coefficient (Wildman–Crippen LogP) is 3.01. The molecule has 1 aromatic rings. The van der Waals surface area contributed by atoms with Crippen LogP contribution in [0.15, 0.2) is 12.3 Å². The van der Waals surface area contributed by atoms with Gasteiger partial charge in [-0.2, -0.15) is 16.9 Å². The molecule has 4 heteroatoms. The van der Waals surface area contributed by atoms with E-state index in [1.807, 2.05) is 6.07 Å². The minimum absolute atomic E-state index is 0.191. The van der Waals surface area contributed by atoms with Crippen molar-refractivity contribution in [3.05, 3.63) is 18.0 Å². The molecule has 0 fully saturated rings. The van der Waals surface area contributed by atoms with E-state index in [9.17, 15) is 4.79 Å². The molecule has 0 N–H and O–H groups in total. The van der Waals surface area contributed by atoms with E-state index in [0.717, 1.165) is 25.1 Å². The molecule has 1 rings (SSSR count). The average Bonchev–Trinajstić information content (AvgIpc) is 2.74. The van der Waals surface area contributed by atoms with Crippen molar-refractivity contribution < 1.29 is 4.79 Å². The third-order valence-corrected chi connectivity index (χ3v) is 3.84. The second-order valence-electron chi connectivity index (χ2n) is 3.89. The van der Waals surface area contributed by atoms with E-state index in [1.165, 1.54) is 0 Å². The standard InChI is InChI=1S/C12H20N2OS/c1-4-8-14-11(6-7-13-14)12(15)9-16-10(3)5-2/h6-7,10H,4-5,8-9H2,1-3H3. The van der Waals surface area contributed by atoms with Crippen molar-refractivity contribution in [1.82, 2.24) is 9.78 Å². The molecule has 3 nitrogen and oxygen atoms in total. The first kappa shape index (κ1) is 13.3. The predicted molar refractivity (Wildman–Crippen MR) is 69.1 cm³/mol. The summed E-state index contributed by atoms with van der Waals surface area (Å²) in [6, 6.07) is 1.81. The van der Waals surface area contributed by atoms with Crippen LogP contribution in [0.2, 0.25) is 0 Å². The highest BCUT2D eigenvalue weighted by Crippen LogP contribution is 2.15. The van der Waals surface area contributed by atoms with Crippen LogP contribution < -0.4 is 0 Å². The Hall–Kier alpha value is -0.770. The summed E-state index contributed by atoms with van der Waals surface area (Å²) in [6.07, 6.45) is 3.81. The Morgan fingerprint density at radius 1 is 1.56 bits per heavy atom. The third kappa shape index (κ3) is 3.67. The molecule has 0 amide bonds. The minimum Gasteiger partial charge on any atom is -0.292 e. The van der Waals surface area contributed by atoms with Crippen molar-refractivity contribution in [1.29, 1.82) is 0 Å². The molecular weight excluding hydrogens is 220 g/mol. The molecule has 0 saturated heterocycles. The van der Waals surface area contributed by atoms with Crippen molar-refractivity contribution in [2.75, 3.05) is 5.75 Å². The van der Waals surface area contributed by atoms with Crippen molar-refractivity contribution in [3.8, 4) is 0 Å². The average molecular weight is 240 g/mol. The smallest absolute Gasteiger partial charge is 0.190 e. The molecule has 1 heterocycles. The molecule has 16 heavy (non-hydrogen) atoms. The van der Waals surface area contributed by atoms with Crippen LogP contribution in [0.25, 0.3) is 0 Å².